The Morgan fingerprint density at radius 2 is 2.28 bits per heavy atom. The molecule has 0 aliphatic rings. The van der Waals surface area contributed by atoms with E-state index in [9.17, 15) is 4.79 Å². The van der Waals surface area contributed by atoms with E-state index in [4.69, 9.17) is 9.84 Å². The Balaban J connectivity index is 2.90. The van der Waals surface area contributed by atoms with Gasteiger partial charge in [0.05, 0.1) is 12.2 Å². The lowest BCUT2D eigenvalue weighted by Crippen LogP contribution is -2.27. The number of carbonyl (C=O) groups excluding carboxylic acids is 1. The maximum Gasteiger partial charge on any atom is 0.252 e. The van der Waals surface area contributed by atoms with E-state index in [2.05, 4.69) is 17.2 Å². The van der Waals surface area contributed by atoms with Crippen LogP contribution in [0.15, 0.2) is 18.2 Å². The zero-order chi connectivity index (χ0) is 13.4. The van der Waals surface area contributed by atoms with E-state index in [1.54, 1.807) is 19.2 Å². The lowest BCUT2D eigenvalue weighted by atomic mass is 10.0. The molecule has 0 atom stereocenters. The highest BCUT2D eigenvalue weighted by Crippen LogP contribution is 2.10. The molecule has 0 heterocycles. The molecule has 4 heteroatoms. The minimum absolute atomic E-state index is 0.182. The third-order valence-electron chi connectivity index (χ3n) is 2.31. The van der Waals surface area contributed by atoms with Gasteiger partial charge in [-0.1, -0.05) is 23.5 Å². The zero-order valence-corrected chi connectivity index (χ0v) is 10.6. The van der Waals surface area contributed by atoms with Crippen molar-refractivity contribution >= 4 is 5.91 Å². The van der Waals surface area contributed by atoms with Crippen molar-refractivity contribution < 1.29 is 14.6 Å². The molecule has 96 valence electrons. The summed E-state index contributed by atoms with van der Waals surface area (Å²) in [6.45, 7) is 2.61. The fourth-order valence-corrected chi connectivity index (χ4v) is 1.45. The number of aliphatic hydroxyl groups is 1. The number of ether oxygens (including phenoxy) is 1. The van der Waals surface area contributed by atoms with Crippen molar-refractivity contribution in [1.29, 1.82) is 0 Å². The van der Waals surface area contributed by atoms with Crippen LogP contribution in [-0.4, -0.2) is 37.9 Å². The fourth-order valence-electron chi connectivity index (χ4n) is 1.45. The summed E-state index contributed by atoms with van der Waals surface area (Å²) < 4.78 is 4.87. The molecule has 1 aromatic carbocycles. The molecule has 0 bridgehead atoms. The summed E-state index contributed by atoms with van der Waals surface area (Å²) in [5, 5.41) is 11.4. The molecule has 0 fully saturated rings. The van der Waals surface area contributed by atoms with Crippen molar-refractivity contribution in [3.63, 3.8) is 0 Å². The summed E-state index contributed by atoms with van der Waals surface area (Å²) in [7, 11) is 1.58. The molecule has 1 rings (SSSR count). The van der Waals surface area contributed by atoms with Crippen LogP contribution >= 0.6 is 0 Å². The monoisotopic (exact) mass is 247 g/mol. The Labute approximate surface area is 107 Å². The van der Waals surface area contributed by atoms with Gasteiger partial charge < -0.3 is 15.2 Å². The van der Waals surface area contributed by atoms with Gasteiger partial charge in [-0.05, 0) is 19.1 Å². The molecule has 0 saturated heterocycles. The van der Waals surface area contributed by atoms with Crippen molar-refractivity contribution in [2.45, 2.75) is 6.92 Å². The van der Waals surface area contributed by atoms with Gasteiger partial charge in [-0.15, -0.1) is 0 Å². The van der Waals surface area contributed by atoms with E-state index in [0.29, 0.717) is 24.3 Å². The molecule has 0 aromatic heterocycles. The first-order chi connectivity index (χ1) is 8.69. The van der Waals surface area contributed by atoms with E-state index < -0.39 is 0 Å². The summed E-state index contributed by atoms with van der Waals surface area (Å²) in [5.74, 6) is 5.13. The molecule has 0 aliphatic carbocycles. The van der Waals surface area contributed by atoms with Gasteiger partial charge in [-0.2, -0.15) is 0 Å². The molecule has 1 amide bonds. The van der Waals surface area contributed by atoms with Crippen molar-refractivity contribution in [2.24, 2.45) is 0 Å². The average molecular weight is 247 g/mol. The van der Waals surface area contributed by atoms with Crippen molar-refractivity contribution in [3.05, 3.63) is 34.9 Å². The lowest BCUT2D eigenvalue weighted by Gasteiger charge is -2.07. The van der Waals surface area contributed by atoms with Gasteiger partial charge >= 0.3 is 0 Å². The molecule has 0 saturated carbocycles. The minimum Gasteiger partial charge on any atom is -0.384 e. The van der Waals surface area contributed by atoms with E-state index in [1.165, 1.54) is 0 Å². The second kappa shape index (κ2) is 7.49. The first kappa shape index (κ1) is 14.2. The van der Waals surface area contributed by atoms with Gasteiger partial charge in [0.15, 0.2) is 0 Å². The van der Waals surface area contributed by atoms with E-state index in [0.717, 1.165) is 5.56 Å². The largest absolute Gasteiger partial charge is 0.384 e. The van der Waals surface area contributed by atoms with Crippen molar-refractivity contribution in [2.75, 3.05) is 26.9 Å². The van der Waals surface area contributed by atoms with Crippen LogP contribution in [0.2, 0.25) is 0 Å². The van der Waals surface area contributed by atoms with E-state index in [-0.39, 0.29) is 12.5 Å². The molecule has 0 aliphatic heterocycles. The summed E-state index contributed by atoms with van der Waals surface area (Å²) in [4.78, 5) is 12.0. The third kappa shape index (κ3) is 4.21. The second-order valence-electron chi connectivity index (χ2n) is 3.76. The van der Waals surface area contributed by atoms with Crippen LogP contribution in [0.3, 0.4) is 0 Å². The van der Waals surface area contributed by atoms with E-state index >= 15 is 0 Å². The molecule has 4 nitrogen and oxygen atoms in total. The number of hydrogen-bond acceptors (Lipinski definition) is 3. The number of benzene rings is 1. The first-order valence-corrected chi connectivity index (χ1v) is 5.66. The van der Waals surface area contributed by atoms with Crippen LogP contribution < -0.4 is 5.32 Å². The van der Waals surface area contributed by atoms with Gasteiger partial charge in [-0.25, -0.2) is 0 Å². The summed E-state index contributed by atoms with van der Waals surface area (Å²) in [6, 6.07) is 5.44. The number of hydrogen-bond donors (Lipinski definition) is 2. The van der Waals surface area contributed by atoms with Crippen LogP contribution in [-0.2, 0) is 4.74 Å². The van der Waals surface area contributed by atoms with Gasteiger partial charge in [-0.3, -0.25) is 4.79 Å². The number of rotatable bonds is 4. The summed E-state index contributed by atoms with van der Waals surface area (Å²) in [5.41, 5.74) is 2.12. The number of methoxy groups -OCH3 is 1. The Hall–Kier alpha value is -1.83. The Kier molecular flexibility index (Phi) is 5.92. The topological polar surface area (TPSA) is 58.6 Å². The second-order valence-corrected chi connectivity index (χ2v) is 3.76. The fraction of sp³-hybridized carbons (Fsp3) is 0.357. The quantitative estimate of drug-likeness (QED) is 0.608. The van der Waals surface area contributed by atoms with Crippen molar-refractivity contribution in [1.82, 2.24) is 5.32 Å². The maximum absolute atomic E-state index is 12.0. The molecular weight excluding hydrogens is 230 g/mol. The lowest BCUT2D eigenvalue weighted by molar-refractivity contribution is 0.0937. The van der Waals surface area contributed by atoms with Gasteiger partial charge in [0.25, 0.3) is 5.91 Å². The highest BCUT2D eigenvalue weighted by Gasteiger charge is 2.09. The van der Waals surface area contributed by atoms with Gasteiger partial charge in [0.1, 0.15) is 6.61 Å². The van der Waals surface area contributed by atoms with Crippen LogP contribution in [0.5, 0.6) is 0 Å². The minimum atomic E-state index is -0.224. The Morgan fingerprint density at radius 3 is 2.94 bits per heavy atom. The number of aliphatic hydroxyl groups excluding tert-OH is 1. The molecule has 1 aromatic rings. The molecule has 2 N–H and O–H groups in total. The standard InChI is InChI=1S/C14H17NO3/c1-11-5-6-12(4-3-8-16)13(10-11)14(17)15-7-9-18-2/h5-6,10,16H,7-9H2,1-2H3,(H,15,17). The molecule has 0 unspecified atom stereocenters. The number of nitrogens with one attached hydrogen (secondary N) is 1. The Bertz CT molecular complexity index is 472. The number of carbonyl (C=O) groups is 1. The highest BCUT2D eigenvalue weighted by atomic mass is 16.5. The summed E-state index contributed by atoms with van der Waals surface area (Å²) in [6.07, 6.45) is 0. The normalized spacial score (nSPS) is 9.50. The van der Waals surface area contributed by atoms with Crippen LogP contribution in [0.25, 0.3) is 0 Å². The summed E-state index contributed by atoms with van der Waals surface area (Å²) >= 11 is 0. The zero-order valence-electron chi connectivity index (χ0n) is 10.6. The first-order valence-electron chi connectivity index (χ1n) is 5.66. The number of amides is 1. The average Bonchev–Trinajstić information content (AvgIpc) is 2.37. The SMILES string of the molecule is COCCNC(=O)c1cc(C)ccc1C#CCO. The van der Waals surface area contributed by atoms with Crippen LogP contribution in [0, 0.1) is 18.8 Å². The third-order valence-corrected chi connectivity index (χ3v) is 2.31. The molecule has 18 heavy (non-hydrogen) atoms. The van der Waals surface area contributed by atoms with Gasteiger partial charge in [0.2, 0.25) is 0 Å². The number of aryl methyl sites for hydroxylation is 1. The van der Waals surface area contributed by atoms with Crippen LogP contribution in [0.1, 0.15) is 21.5 Å². The molecule has 0 spiro atoms. The maximum atomic E-state index is 12.0. The molecule has 0 radical (unpaired) electrons. The molecular formula is C14H17NO3. The predicted octanol–water partition coefficient (Wildman–Crippen LogP) is 0.715. The Morgan fingerprint density at radius 1 is 1.50 bits per heavy atom. The van der Waals surface area contributed by atoms with E-state index in [1.807, 2.05) is 13.0 Å². The highest BCUT2D eigenvalue weighted by molar-refractivity contribution is 5.96. The van der Waals surface area contributed by atoms with Crippen LogP contribution in [0.4, 0.5) is 0 Å². The smallest absolute Gasteiger partial charge is 0.252 e. The van der Waals surface area contributed by atoms with Gasteiger partial charge in [0, 0.05) is 19.2 Å². The van der Waals surface area contributed by atoms with Crippen molar-refractivity contribution in [3.8, 4) is 11.8 Å². The predicted molar refractivity (Wildman–Crippen MR) is 69.4 cm³/mol.